The van der Waals surface area contributed by atoms with E-state index >= 15 is 0 Å². The molecule has 0 bridgehead atoms. The molecule has 0 amide bonds. The Kier molecular flexibility index (Phi) is 8.02. The summed E-state index contributed by atoms with van der Waals surface area (Å²) < 4.78 is 41.4. The third kappa shape index (κ3) is 6.00. The standard InChI is InChI=1S/C27H28F3N3O2/c1-32-25(3-2-4-26(32)34)20-11-14-33(15-12-20)18-19-5-7-21(8-6-19)27(31-35-16-13-28)22-9-10-23(29)24(30)17-22/h2-10,17,20H,11-16,18H2,1H3/b31-27-. The zero-order chi connectivity index (χ0) is 24.8. The van der Waals surface area contributed by atoms with Gasteiger partial charge in [0.15, 0.2) is 11.6 Å². The van der Waals surface area contributed by atoms with Crippen molar-refractivity contribution in [1.29, 1.82) is 0 Å². The van der Waals surface area contributed by atoms with E-state index in [1.807, 2.05) is 43.4 Å². The summed E-state index contributed by atoms with van der Waals surface area (Å²) in [4.78, 5) is 19.3. The van der Waals surface area contributed by atoms with E-state index in [9.17, 15) is 18.0 Å². The van der Waals surface area contributed by atoms with E-state index in [4.69, 9.17) is 4.84 Å². The van der Waals surface area contributed by atoms with Gasteiger partial charge in [0.2, 0.25) is 5.56 Å². The van der Waals surface area contributed by atoms with Crippen molar-refractivity contribution in [3.05, 3.63) is 105 Å². The molecule has 0 radical (unpaired) electrons. The van der Waals surface area contributed by atoms with Crippen LogP contribution in [0.1, 0.15) is 41.1 Å². The van der Waals surface area contributed by atoms with Crippen molar-refractivity contribution in [2.24, 2.45) is 12.2 Å². The molecule has 4 rings (SSSR count). The Morgan fingerprint density at radius 3 is 2.40 bits per heavy atom. The number of aromatic nitrogens is 1. The highest BCUT2D eigenvalue weighted by atomic mass is 19.2. The van der Waals surface area contributed by atoms with Gasteiger partial charge in [0.1, 0.15) is 19.0 Å². The van der Waals surface area contributed by atoms with Crippen molar-refractivity contribution >= 4 is 5.71 Å². The topological polar surface area (TPSA) is 46.8 Å². The monoisotopic (exact) mass is 483 g/mol. The number of hydrogen-bond acceptors (Lipinski definition) is 4. The van der Waals surface area contributed by atoms with Gasteiger partial charge in [0.05, 0.1) is 0 Å². The SMILES string of the molecule is Cn1c(C2CCN(Cc3ccc(/C(=N/OCCF)c4ccc(F)c(F)c4)cc3)CC2)cccc1=O. The molecule has 0 saturated carbocycles. The number of hydrogen-bond donors (Lipinski definition) is 0. The molecule has 3 aromatic rings. The van der Waals surface area contributed by atoms with E-state index in [0.29, 0.717) is 22.8 Å². The smallest absolute Gasteiger partial charge is 0.250 e. The van der Waals surface area contributed by atoms with Crippen LogP contribution in [0.3, 0.4) is 0 Å². The number of oxime groups is 1. The van der Waals surface area contributed by atoms with Crippen LogP contribution in [0, 0.1) is 11.6 Å². The summed E-state index contributed by atoms with van der Waals surface area (Å²) in [5.74, 6) is -1.57. The van der Waals surface area contributed by atoms with Gasteiger partial charge in [-0.05, 0) is 55.8 Å². The van der Waals surface area contributed by atoms with Crippen molar-refractivity contribution < 1.29 is 18.0 Å². The molecule has 1 aromatic heterocycles. The Balaban J connectivity index is 1.43. The van der Waals surface area contributed by atoms with Gasteiger partial charge in [-0.2, -0.15) is 0 Å². The van der Waals surface area contributed by atoms with Crippen LogP contribution >= 0.6 is 0 Å². The van der Waals surface area contributed by atoms with Gasteiger partial charge in [0.25, 0.3) is 0 Å². The van der Waals surface area contributed by atoms with Crippen LogP contribution in [0.2, 0.25) is 0 Å². The molecule has 35 heavy (non-hydrogen) atoms. The number of pyridine rings is 1. The highest BCUT2D eigenvalue weighted by Gasteiger charge is 2.22. The first kappa shape index (κ1) is 24.7. The van der Waals surface area contributed by atoms with Crippen LogP contribution in [0.25, 0.3) is 0 Å². The van der Waals surface area contributed by atoms with E-state index < -0.39 is 18.3 Å². The summed E-state index contributed by atoms with van der Waals surface area (Å²) in [6.07, 6.45) is 1.96. The summed E-state index contributed by atoms with van der Waals surface area (Å²) in [6, 6.07) is 16.6. The van der Waals surface area contributed by atoms with Crippen LogP contribution in [-0.4, -0.2) is 41.5 Å². The number of piperidine rings is 1. The molecule has 0 unspecified atom stereocenters. The molecule has 0 atom stereocenters. The second kappa shape index (κ2) is 11.4. The minimum absolute atomic E-state index is 0.0198. The van der Waals surface area contributed by atoms with Gasteiger partial charge in [0, 0.05) is 42.4 Å². The van der Waals surface area contributed by atoms with Gasteiger partial charge in [-0.25, -0.2) is 13.2 Å². The van der Waals surface area contributed by atoms with Gasteiger partial charge >= 0.3 is 0 Å². The number of halogens is 3. The van der Waals surface area contributed by atoms with Crippen LogP contribution < -0.4 is 5.56 Å². The maximum absolute atomic E-state index is 13.8. The number of benzene rings is 2. The zero-order valence-corrected chi connectivity index (χ0v) is 19.6. The average molecular weight is 484 g/mol. The highest BCUT2D eigenvalue weighted by molar-refractivity contribution is 6.12. The van der Waals surface area contributed by atoms with E-state index in [0.717, 1.165) is 55.9 Å². The molecule has 1 saturated heterocycles. The minimum Gasteiger partial charge on any atom is -0.392 e. The molecule has 184 valence electrons. The lowest BCUT2D eigenvalue weighted by molar-refractivity contribution is 0.128. The molecule has 1 fully saturated rings. The fraction of sp³-hybridized carbons (Fsp3) is 0.333. The van der Waals surface area contributed by atoms with E-state index in [1.54, 1.807) is 10.6 Å². The molecular formula is C27H28F3N3O2. The summed E-state index contributed by atoms with van der Waals surface area (Å²) >= 11 is 0. The van der Waals surface area contributed by atoms with Crippen LogP contribution in [0.4, 0.5) is 13.2 Å². The van der Waals surface area contributed by atoms with Crippen LogP contribution in [0.15, 0.2) is 70.6 Å². The molecule has 0 aliphatic carbocycles. The Bertz CT molecular complexity index is 1230. The van der Waals surface area contributed by atoms with Crippen LogP contribution in [0.5, 0.6) is 0 Å². The van der Waals surface area contributed by atoms with Gasteiger partial charge in [-0.15, -0.1) is 0 Å². The van der Waals surface area contributed by atoms with Gasteiger partial charge < -0.3 is 9.40 Å². The summed E-state index contributed by atoms with van der Waals surface area (Å²) in [5.41, 5.74) is 3.51. The zero-order valence-electron chi connectivity index (χ0n) is 19.6. The first-order chi connectivity index (χ1) is 17.0. The molecule has 2 heterocycles. The predicted octanol–water partition coefficient (Wildman–Crippen LogP) is 4.78. The highest BCUT2D eigenvalue weighted by Crippen LogP contribution is 2.28. The van der Waals surface area contributed by atoms with Gasteiger partial charge in [-0.3, -0.25) is 9.69 Å². The fourth-order valence-corrected chi connectivity index (χ4v) is 4.46. The second-order valence-electron chi connectivity index (χ2n) is 8.69. The Hall–Kier alpha value is -3.39. The van der Waals surface area contributed by atoms with Crippen molar-refractivity contribution in [3.63, 3.8) is 0 Å². The Labute approximate surface area is 202 Å². The predicted molar refractivity (Wildman–Crippen MR) is 129 cm³/mol. The normalized spacial score (nSPS) is 15.4. The number of alkyl halides is 1. The molecule has 1 aliphatic heterocycles. The van der Waals surface area contributed by atoms with Gasteiger partial charge in [-0.1, -0.05) is 35.5 Å². The average Bonchev–Trinajstić information content (AvgIpc) is 2.87. The first-order valence-corrected chi connectivity index (χ1v) is 11.6. The lowest BCUT2D eigenvalue weighted by Crippen LogP contribution is -2.34. The second-order valence-corrected chi connectivity index (χ2v) is 8.69. The van der Waals surface area contributed by atoms with E-state index in [2.05, 4.69) is 10.1 Å². The lowest BCUT2D eigenvalue weighted by Gasteiger charge is -2.32. The van der Waals surface area contributed by atoms with Crippen molar-refractivity contribution in [3.8, 4) is 0 Å². The third-order valence-corrected chi connectivity index (χ3v) is 6.38. The van der Waals surface area contributed by atoms with E-state index in [-0.39, 0.29) is 12.2 Å². The Morgan fingerprint density at radius 1 is 1.00 bits per heavy atom. The maximum atomic E-state index is 13.8. The summed E-state index contributed by atoms with van der Waals surface area (Å²) in [7, 11) is 1.83. The molecule has 0 spiro atoms. The van der Waals surface area contributed by atoms with Crippen molar-refractivity contribution in [1.82, 2.24) is 9.47 Å². The third-order valence-electron chi connectivity index (χ3n) is 6.38. The maximum Gasteiger partial charge on any atom is 0.250 e. The molecule has 1 aliphatic rings. The first-order valence-electron chi connectivity index (χ1n) is 11.6. The Morgan fingerprint density at radius 2 is 1.71 bits per heavy atom. The number of rotatable bonds is 8. The minimum atomic E-state index is -0.990. The molecule has 5 nitrogen and oxygen atoms in total. The van der Waals surface area contributed by atoms with Crippen molar-refractivity contribution in [2.75, 3.05) is 26.4 Å². The van der Waals surface area contributed by atoms with Crippen LogP contribution in [-0.2, 0) is 18.4 Å². The molecular weight excluding hydrogens is 455 g/mol. The number of nitrogens with zero attached hydrogens (tertiary/aromatic N) is 3. The fourth-order valence-electron chi connectivity index (χ4n) is 4.46. The summed E-state index contributed by atoms with van der Waals surface area (Å²) in [6.45, 7) is 1.70. The number of likely N-dealkylation sites (tertiary alicyclic amines) is 1. The molecule has 2 aromatic carbocycles. The lowest BCUT2D eigenvalue weighted by atomic mass is 9.92. The summed E-state index contributed by atoms with van der Waals surface area (Å²) in [5, 5.41) is 3.97. The molecule has 8 heteroatoms. The molecule has 0 N–H and O–H groups in total. The largest absolute Gasteiger partial charge is 0.392 e. The van der Waals surface area contributed by atoms with E-state index in [1.165, 1.54) is 6.07 Å². The van der Waals surface area contributed by atoms with Crippen molar-refractivity contribution in [2.45, 2.75) is 25.3 Å². The quantitative estimate of drug-likeness (QED) is 0.263.